The summed E-state index contributed by atoms with van der Waals surface area (Å²) in [5.74, 6) is -0.0911. The third kappa shape index (κ3) is 1.73. The number of esters is 1. The van der Waals surface area contributed by atoms with Crippen LogP contribution in [0, 0.1) is 6.92 Å². The summed E-state index contributed by atoms with van der Waals surface area (Å²) in [6.45, 7) is 2.07. The van der Waals surface area contributed by atoms with Gasteiger partial charge in [-0.1, -0.05) is 12.1 Å². The standard InChI is InChI=1S/C13H16O2S/c1-9-4-5-10(11(8-9)16-3)13(6-7-13)12(14)15-2/h4-5,8H,6-7H2,1-3H3. The van der Waals surface area contributed by atoms with Crippen molar-refractivity contribution in [3.8, 4) is 0 Å². The number of rotatable bonds is 3. The van der Waals surface area contributed by atoms with Crippen molar-refractivity contribution in [1.82, 2.24) is 0 Å². The molecule has 0 saturated heterocycles. The van der Waals surface area contributed by atoms with Crippen molar-refractivity contribution in [3.63, 3.8) is 0 Å². The van der Waals surface area contributed by atoms with E-state index in [4.69, 9.17) is 4.74 Å². The summed E-state index contributed by atoms with van der Waals surface area (Å²) in [4.78, 5) is 13.0. The first-order valence-corrected chi connectivity index (χ1v) is 6.60. The van der Waals surface area contributed by atoms with Crippen LogP contribution in [0.4, 0.5) is 0 Å². The molecule has 1 aliphatic carbocycles. The molecule has 0 spiro atoms. The third-order valence-corrected chi connectivity index (χ3v) is 3.98. The van der Waals surface area contributed by atoms with Crippen LogP contribution in [0.2, 0.25) is 0 Å². The average Bonchev–Trinajstić information content (AvgIpc) is 3.09. The summed E-state index contributed by atoms with van der Waals surface area (Å²) in [6, 6.07) is 6.28. The van der Waals surface area contributed by atoms with Gasteiger partial charge in [0.25, 0.3) is 0 Å². The topological polar surface area (TPSA) is 26.3 Å². The van der Waals surface area contributed by atoms with E-state index in [0.717, 1.165) is 18.4 Å². The number of benzene rings is 1. The quantitative estimate of drug-likeness (QED) is 0.596. The fraction of sp³-hybridized carbons (Fsp3) is 0.462. The molecule has 0 bridgehead atoms. The number of carbonyl (C=O) groups excluding carboxylic acids is 1. The van der Waals surface area contributed by atoms with Crippen molar-refractivity contribution < 1.29 is 9.53 Å². The van der Waals surface area contributed by atoms with E-state index < -0.39 is 0 Å². The average molecular weight is 236 g/mol. The minimum absolute atomic E-state index is 0.0911. The van der Waals surface area contributed by atoms with E-state index in [2.05, 4.69) is 25.1 Å². The minimum Gasteiger partial charge on any atom is -0.468 e. The summed E-state index contributed by atoms with van der Waals surface area (Å²) in [7, 11) is 1.47. The van der Waals surface area contributed by atoms with Crippen LogP contribution >= 0.6 is 11.8 Å². The zero-order valence-corrected chi connectivity index (χ0v) is 10.7. The minimum atomic E-state index is -0.346. The second-order valence-electron chi connectivity index (χ2n) is 4.28. The third-order valence-electron chi connectivity index (χ3n) is 3.20. The molecule has 1 aliphatic rings. The van der Waals surface area contributed by atoms with Gasteiger partial charge < -0.3 is 4.74 Å². The first kappa shape index (κ1) is 11.5. The van der Waals surface area contributed by atoms with Gasteiger partial charge in [0.05, 0.1) is 12.5 Å². The zero-order valence-electron chi connectivity index (χ0n) is 9.87. The van der Waals surface area contributed by atoms with Crippen LogP contribution in [0.25, 0.3) is 0 Å². The van der Waals surface area contributed by atoms with E-state index >= 15 is 0 Å². The van der Waals surface area contributed by atoms with E-state index in [1.54, 1.807) is 11.8 Å². The lowest BCUT2D eigenvalue weighted by Gasteiger charge is -2.16. The number of methoxy groups -OCH3 is 1. The van der Waals surface area contributed by atoms with E-state index in [0.29, 0.717) is 0 Å². The molecule has 1 fully saturated rings. The predicted octanol–water partition coefficient (Wildman–Crippen LogP) is 2.92. The van der Waals surface area contributed by atoms with Crippen molar-refractivity contribution in [1.29, 1.82) is 0 Å². The maximum absolute atomic E-state index is 11.8. The van der Waals surface area contributed by atoms with Gasteiger partial charge in [-0.25, -0.2) is 0 Å². The molecular formula is C13H16O2S. The Morgan fingerprint density at radius 1 is 1.44 bits per heavy atom. The largest absolute Gasteiger partial charge is 0.468 e. The van der Waals surface area contributed by atoms with Crippen molar-refractivity contribution >= 4 is 17.7 Å². The highest BCUT2D eigenvalue weighted by molar-refractivity contribution is 7.98. The normalized spacial score (nSPS) is 16.9. The molecule has 0 aromatic heterocycles. The highest BCUT2D eigenvalue weighted by atomic mass is 32.2. The van der Waals surface area contributed by atoms with Crippen molar-refractivity contribution in [3.05, 3.63) is 29.3 Å². The van der Waals surface area contributed by atoms with Gasteiger partial charge in [0, 0.05) is 4.90 Å². The molecule has 1 saturated carbocycles. The fourth-order valence-electron chi connectivity index (χ4n) is 2.10. The lowest BCUT2D eigenvalue weighted by Crippen LogP contribution is -2.22. The Kier molecular flexibility index (Phi) is 2.98. The van der Waals surface area contributed by atoms with E-state index in [-0.39, 0.29) is 11.4 Å². The van der Waals surface area contributed by atoms with Crippen LogP contribution in [0.1, 0.15) is 24.0 Å². The fourth-order valence-corrected chi connectivity index (χ4v) is 2.88. The zero-order chi connectivity index (χ0) is 11.8. The Labute approximate surface area is 100 Å². The molecule has 1 aromatic carbocycles. The molecule has 0 aliphatic heterocycles. The summed E-state index contributed by atoms with van der Waals surface area (Å²) >= 11 is 1.70. The lowest BCUT2D eigenvalue weighted by molar-refractivity contribution is -0.143. The molecule has 3 heteroatoms. The van der Waals surface area contributed by atoms with Gasteiger partial charge in [0.15, 0.2) is 0 Å². The van der Waals surface area contributed by atoms with Crippen molar-refractivity contribution in [2.45, 2.75) is 30.1 Å². The Morgan fingerprint density at radius 2 is 2.12 bits per heavy atom. The van der Waals surface area contributed by atoms with Gasteiger partial charge in [0.2, 0.25) is 0 Å². The molecule has 0 amide bonds. The van der Waals surface area contributed by atoms with Gasteiger partial charge in [-0.3, -0.25) is 4.79 Å². The molecule has 86 valence electrons. The second kappa shape index (κ2) is 4.13. The van der Waals surface area contributed by atoms with Gasteiger partial charge in [-0.15, -0.1) is 11.8 Å². The van der Waals surface area contributed by atoms with Crippen LogP contribution in [-0.4, -0.2) is 19.3 Å². The SMILES string of the molecule is COC(=O)C1(c2ccc(C)cc2SC)CC1. The smallest absolute Gasteiger partial charge is 0.316 e. The molecule has 1 aromatic rings. The van der Waals surface area contributed by atoms with Crippen LogP contribution < -0.4 is 0 Å². The molecule has 0 radical (unpaired) electrons. The second-order valence-corrected chi connectivity index (χ2v) is 5.13. The van der Waals surface area contributed by atoms with Gasteiger partial charge in [0.1, 0.15) is 0 Å². The Bertz CT molecular complexity index is 422. The van der Waals surface area contributed by atoms with E-state index in [1.807, 2.05) is 6.26 Å². The molecule has 2 rings (SSSR count). The summed E-state index contributed by atoms with van der Waals surface area (Å²) in [5.41, 5.74) is 2.02. The number of ether oxygens (including phenoxy) is 1. The highest BCUT2D eigenvalue weighted by Crippen LogP contribution is 2.51. The monoisotopic (exact) mass is 236 g/mol. The summed E-state index contributed by atoms with van der Waals surface area (Å²) in [6.07, 6.45) is 3.87. The maximum atomic E-state index is 11.8. The Hall–Kier alpha value is -0.960. The number of hydrogen-bond donors (Lipinski definition) is 0. The highest BCUT2D eigenvalue weighted by Gasteiger charge is 2.53. The van der Waals surface area contributed by atoms with Crippen molar-refractivity contribution in [2.75, 3.05) is 13.4 Å². The van der Waals surface area contributed by atoms with Gasteiger partial charge in [-0.05, 0) is 43.2 Å². The van der Waals surface area contributed by atoms with Crippen LogP contribution in [-0.2, 0) is 14.9 Å². The molecule has 0 heterocycles. The molecular weight excluding hydrogens is 220 g/mol. The molecule has 2 nitrogen and oxygen atoms in total. The lowest BCUT2D eigenvalue weighted by atomic mass is 9.95. The molecule has 16 heavy (non-hydrogen) atoms. The number of hydrogen-bond acceptors (Lipinski definition) is 3. The van der Waals surface area contributed by atoms with Crippen LogP contribution in [0.5, 0.6) is 0 Å². The summed E-state index contributed by atoms with van der Waals surface area (Å²) < 4.78 is 4.91. The first-order chi connectivity index (χ1) is 7.64. The van der Waals surface area contributed by atoms with E-state index in [9.17, 15) is 4.79 Å². The van der Waals surface area contributed by atoms with Gasteiger partial charge in [-0.2, -0.15) is 0 Å². The first-order valence-electron chi connectivity index (χ1n) is 5.37. The van der Waals surface area contributed by atoms with Gasteiger partial charge >= 0.3 is 5.97 Å². The maximum Gasteiger partial charge on any atom is 0.316 e. The molecule has 0 N–H and O–H groups in total. The van der Waals surface area contributed by atoms with E-state index in [1.165, 1.54) is 17.6 Å². The Morgan fingerprint density at radius 3 is 2.62 bits per heavy atom. The Balaban J connectivity index is 2.44. The summed E-state index contributed by atoms with van der Waals surface area (Å²) in [5, 5.41) is 0. The molecule has 0 unspecified atom stereocenters. The number of carbonyl (C=O) groups is 1. The number of aryl methyl sites for hydroxylation is 1. The van der Waals surface area contributed by atoms with Crippen LogP contribution in [0.3, 0.4) is 0 Å². The van der Waals surface area contributed by atoms with Crippen molar-refractivity contribution in [2.24, 2.45) is 0 Å². The van der Waals surface area contributed by atoms with Crippen LogP contribution in [0.15, 0.2) is 23.1 Å². The number of thioether (sulfide) groups is 1. The predicted molar refractivity (Wildman–Crippen MR) is 65.9 cm³/mol. The molecule has 0 atom stereocenters.